The zero-order valence-electron chi connectivity index (χ0n) is 23.8. The largest absolute Gasteiger partial charge is 0.465 e. The minimum atomic E-state index is -1.60. The molecule has 0 amide bonds. The third-order valence-electron chi connectivity index (χ3n) is 6.36. The van der Waals surface area contributed by atoms with Crippen molar-refractivity contribution in [2.75, 3.05) is 25.1 Å². The number of ether oxygens (including phenoxy) is 2. The Labute approximate surface area is 244 Å². The summed E-state index contributed by atoms with van der Waals surface area (Å²) in [6.45, 7) is 4.24. The number of benzene rings is 2. The van der Waals surface area contributed by atoms with Gasteiger partial charge in [0.05, 0.1) is 13.2 Å². The van der Waals surface area contributed by atoms with Crippen molar-refractivity contribution in [1.82, 2.24) is 0 Å². The molecule has 0 unspecified atom stereocenters. The number of hydrogen-bond donors (Lipinski definition) is 1. The molecule has 2 aromatic rings. The molecule has 40 heavy (non-hydrogen) atoms. The van der Waals surface area contributed by atoms with E-state index < -0.39 is 23.6 Å². The Morgan fingerprint density at radius 2 is 1.27 bits per heavy atom. The van der Waals surface area contributed by atoms with Crippen molar-refractivity contribution in [2.24, 2.45) is 5.92 Å². The Balaban J connectivity index is 1.54. The van der Waals surface area contributed by atoms with Crippen LogP contribution in [0.3, 0.4) is 0 Å². The second kappa shape index (κ2) is 19.7. The van der Waals surface area contributed by atoms with E-state index in [1.54, 1.807) is 38.1 Å². The molecule has 0 radical (unpaired) electrons. The fraction of sp³-hybridized carbons (Fsp3) is 0.485. The van der Waals surface area contributed by atoms with Gasteiger partial charge >= 0.3 is 11.9 Å². The number of esters is 2. The minimum absolute atomic E-state index is 0.0773. The van der Waals surface area contributed by atoms with Crippen LogP contribution >= 0.6 is 11.6 Å². The van der Waals surface area contributed by atoms with Gasteiger partial charge in [0.25, 0.3) is 0 Å². The van der Waals surface area contributed by atoms with Crippen LogP contribution in [0.15, 0.2) is 48.5 Å². The van der Waals surface area contributed by atoms with E-state index in [0.717, 1.165) is 42.1 Å². The van der Waals surface area contributed by atoms with Crippen LogP contribution in [-0.2, 0) is 19.1 Å². The van der Waals surface area contributed by atoms with E-state index in [1.807, 2.05) is 24.3 Å². The molecular weight excluding hydrogens is 526 g/mol. The number of rotatable bonds is 18. The zero-order chi connectivity index (χ0) is 29.0. The highest BCUT2D eigenvalue weighted by Crippen LogP contribution is 2.17. The number of halogens is 1. The Bertz CT molecular complexity index is 1080. The monoisotopic (exact) mass is 567 g/mol. The summed E-state index contributed by atoms with van der Waals surface area (Å²) in [6.07, 6.45) is 11.9. The molecule has 0 saturated heterocycles. The van der Waals surface area contributed by atoms with Crippen LogP contribution in [0.1, 0.15) is 94.0 Å². The number of carbonyl (C=O) groups is 3. The van der Waals surface area contributed by atoms with Gasteiger partial charge in [-0.1, -0.05) is 68.4 Å². The lowest BCUT2D eigenvalue weighted by molar-refractivity contribution is -0.158. The van der Waals surface area contributed by atoms with Crippen molar-refractivity contribution in [3.8, 4) is 11.8 Å². The van der Waals surface area contributed by atoms with Gasteiger partial charge in [0, 0.05) is 34.8 Å². The molecule has 2 aromatic carbocycles. The second-order valence-corrected chi connectivity index (χ2v) is 9.98. The predicted molar refractivity (Wildman–Crippen MR) is 161 cm³/mol. The summed E-state index contributed by atoms with van der Waals surface area (Å²) in [4.78, 5) is 37.2. The van der Waals surface area contributed by atoms with Gasteiger partial charge in [-0.05, 0) is 75.2 Å². The Morgan fingerprint density at radius 3 is 1.82 bits per heavy atom. The maximum atomic E-state index is 12.8. The van der Waals surface area contributed by atoms with Crippen molar-refractivity contribution < 1.29 is 23.9 Å². The first-order valence-electron chi connectivity index (χ1n) is 14.4. The average molecular weight is 568 g/mol. The molecule has 0 aliphatic rings. The van der Waals surface area contributed by atoms with Gasteiger partial charge in [-0.2, -0.15) is 0 Å². The molecule has 0 atom stereocenters. The number of carbonyl (C=O) groups excluding carboxylic acids is 3. The highest BCUT2D eigenvalue weighted by molar-refractivity contribution is 6.30. The standard InChI is InChI=1S/C33H42ClNO5/c1-3-39-32(37)30(33(38)40-4-2)31(36)27-19-23-29(24-20-27)35-25-15-13-11-9-7-5-6-8-10-12-14-16-26-17-21-28(34)22-18-26/h17-24,30,35H,3-13,15,25H2,1-2H3. The van der Waals surface area contributed by atoms with Gasteiger partial charge in [0.1, 0.15) is 0 Å². The predicted octanol–water partition coefficient (Wildman–Crippen LogP) is 7.63. The molecule has 0 aliphatic heterocycles. The molecule has 0 spiro atoms. The molecule has 6 nitrogen and oxygen atoms in total. The van der Waals surface area contributed by atoms with Crippen molar-refractivity contribution in [3.63, 3.8) is 0 Å². The van der Waals surface area contributed by atoms with Crippen LogP contribution in [0.5, 0.6) is 0 Å². The summed E-state index contributed by atoms with van der Waals surface area (Å²) < 4.78 is 9.81. The van der Waals surface area contributed by atoms with E-state index in [1.165, 1.54) is 44.9 Å². The SMILES string of the molecule is CCOC(=O)C(C(=O)OCC)C(=O)c1ccc(NCCCCCCCCCCCC#Cc2ccc(Cl)cc2)cc1. The molecular formula is C33H42ClNO5. The molecule has 0 aromatic heterocycles. The van der Waals surface area contributed by atoms with Crippen LogP contribution in [0.25, 0.3) is 0 Å². The van der Waals surface area contributed by atoms with Gasteiger partial charge in [-0.15, -0.1) is 0 Å². The Hall–Kier alpha value is -3.30. The van der Waals surface area contributed by atoms with E-state index in [9.17, 15) is 14.4 Å². The van der Waals surface area contributed by atoms with Crippen molar-refractivity contribution in [3.05, 3.63) is 64.7 Å². The van der Waals surface area contributed by atoms with Crippen LogP contribution < -0.4 is 5.32 Å². The van der Waals surface area contributed by atoms with E-state index >= 15 is 0 Å². The number of anilines is 1. The maximum absolute atomic E-state index is 12.8. The van der Waals surface area contributed by atoms with Gasteiger partial charge < -0.3 is 14.8 Å². The molecule has 0 bridgehead atoms. The highest BCUT2D eigenvalue weighted by Gasteiger charge is 2.37. The van der Waals surface area contributed by atoms with Crippen molar-refractivity contribution >= 4 is 35.0 Å². The number of Topliss-reactive ketones (excluding diaryl/α,β-unsaturated/α-hetero) is 1. The topological polar surface area (TPSA) is 81.7 Å². The Morgan fingerprint density at radius 1 is 0.750 bits per heavy atom. The Kier molecular flexibility index (Phi) is 16.2. The first-order valence-corrected chi connectivity index (χ1v) is 14.8. The van der Waals surface area contributed by atoms with E-state index in [-0.39, 0.29) is 18.8 Å². The van der Waals surface area contributed by atoms with E-state index in [2.05, 4.69) is 17.2 Å². The number of nitrogens with one attached hydrogen (secondary N) is 1. The van der Waals surface area contributed by atoms with Crippen LogP contribution in [0.2, 0.25) is 5.02 Å². The maximum Gasteiger partial charge on any atom is 0.328 e. The van der Waals surface area contributed by atoms with E-state index in [4.69, 9.17) is 21.1 Å². The van der Waals surface area contributed by atoms with Crippen molar-refractivity contribution in [1.29, 1.82) is 0 Å². The lowest BCUT2D eigenvalue weighted by Gasteiger charge is -2.14. The molecule has 0 heterocycles. The lowest BCUT2D eigenvalue weighted by atomic mass is 9.97. The fourth-order valence-corrected chi connectivity index (χ4v) is 4.31. The summed E-state index contributed by atoms with van der Waals surface area (Å²) in [7, 11) is 0. The minimum Gasteiger partial charge on any atom is -0.465 e. The zero-order valence-corrected chi connectivity index (χ0v) is 24.6. The summed E-state index contributed by atoms with van der Waals surface area (Å²) in [5.41, 5.74) is 2.17. The first-order chi connectivity index (χ1) is 19.5. The third-order valence-corrected chi connectivity index (χ3v) is 6.61. The molecule has 0 aliphatic carbocycles. The molecule has 216 valence electrons. The number of ketones is 1. The third kappa shape index (κ3) is 12.7. The average Bonchev–Trinajstić information content (AvgIpc) is 2.95. The molecule has 0 saturated carbocycles. The van der Waals surface area contributed by atoms with E-state index in [0.29, 0.717) is 0 Å². The van der Waals surface area contributed by atoms with Gasteiger partial charge in [-0.25, -0.2) is 0 Å². The second-order valence-electron chi connectivity index (χ2n) is 9.55. The molecule has 7 heteroatoms. The summed E-state index contributed by atoms with van der Waals surface area (Å²) >= 11 is 5.89. The number of hydrogen-bond acceptors (Lipinski definition) is 6. The van der Waals surface area contributed by atoms with Crippen LogP contribution in [-0.4, -0.2) is 37.5 Å². The molecule has 1 N–H and O–H groups in total. The molecule has 0 fully saturated rings. The van der Waals surface area contributed by atoms with Gasteiger partial charge in [0.2, 0.25) is 5.92 Å². The van der Waals surface area contributed by atoms with Gasteiger partial charge in [-0.3, -0.25) is 14.4 Å². The smallest absolute Gasteiger partial charge is 0.328 e. The van der Waals surface area contributed by atoms with Crippen LogP contribution in [0, 0.1) is 17.8 Å². The normalized spacial score (nSPS) is 10.5. The summed E-state index contributed by atoms with van der Waals surface area (Å²) in [5, 5.41) is 4.10. The fourth-order valence-electron chi connectivity index (χ4n) is 4.19. The van der Waals surface area contributed by atoms with Gasteiger partial charge in [0.15, 0.2) is 5.78 Å². The van der Waals surface area contributed by atoms with Crippen molar-refractivity contribution in [2.45, 2.75) is 78.1 Å². The summed E-state index contributed by atoms with van der Waals surface area (Å²) in [6, 6.07) is 14.4. The first kappa shape index (κ1) is 32.9. The highest BCUT2D eigenvalue weighted by atomic mass is 35.5. The number of unbranched alkanes of at least 4 members (excludes halogenated alkanes) is 9. The quantitative estimate of drug-likeness (QED) is 0.0655. The molecule has 2 rings (SSSR count). The van der Waals surface area contributed by atoms with Crippen LogP contribution in [0.4, 0.5) is 5.69 Å². The summed E-state index contributed by atoms with van der Waals surface area (Å²) in [5.74, 6) is 2.44. The lowest BCUT2D eigenvalue weighted by Crippen LogP contribution is -2.35.